The van der Waals surface area contributed by atoms with Crippen molar-refractivity contribution in [1.82, 2.24) is 0 Å². The number of unbranched alkanes of at least 4 members (excludes halogenated alkanes) is 2. The second-order valence-corrected chi connectivity index (χ2v) is 12.8. The Kier molecular flexibility index (Phi) is 7.60. The average molecular weight is 437 g/mol. The van der Waals surface area contributed by atoms with Crippen LogP contribution in [-0.2, 0) is 6.42 Å². The summed E-state index contributed by atoms with van der Waals surface area (Å²) in [6.45, 7) is 4.57. The molecule has 0 nitrogen and oxygen atoms in total. The van der Waals surface area contributed by atoms with Gasteiger partial charge in [-0.15, -0.1) is 0 Å². The monoisotopic (exact) mass is 436 g/mol. The number of hydrogen-bond donors (Lipinski definition) is 0. The smallest absolute Gasteiger partial charge is 0.0805 e. The lowest BCUT2D eigenvalue weighted by Crippen LogP contribution is -2.68. The van der Waals surface area contributed by atoms with Crippen LogP contribution in [0.3, 0.4) is 0 Å². The molecule has 0 atom stereocenters. The van der Waals surface area contributed by atoms with Gasteiger partial charge in [-0.3, -0.25) is 0 Å². The maximum atomic E-state index is 2.46. The van der Waals surface area contributed by atoms with Gasteiger partial charge in [-0.25, -0.2) is 0 Å². The third kappa shape index (κ3) is 4.45. The van der Waals surface area contributed by atoms with E-state index in [1.54, 1.807) is 10.8 Å². The first kappa shape index (κ1) is 22.5. The van der Waals surface area contributed by atoms with Crippen LogP contribution < -0.4 is 15.6 Å². The first-order valence-corrected chi connectivity index (χ1v) is 14.4. The van der Waals surface area contributed by atoms with Gasteiger partial charge in [0, 0.05) is 0 Å². The minimum Gasteiger partial charge on any atom is -0.0805 e. The standard InChI is InChI=1S/C31H36Si/c1-3-5-14-26-22-24-30(25-23-26)32(28-17-9-7-10-18-28,29-19-11-8-12-20-29)31-21-13-16-27(31)15-6-4-2/h7-13,16-20,22-25H,3-6,14-15,21H2,1-2H3. The van der Waals surface area contributed by atoms with Gasteiger partial charge in [-0.1, -0.05) is 135 Å². The molecule has 0 unspecified atom stereocenters. The van der Waals surface area contributed by atoms with Crippen LogP contribution in [0.25, 0.3) is 0 Å². The van der Waals surface area contributed by atoms with Crippen molar-refractivity contribution in [3.05, 3.63) is 113 Å². The Morgan fingerprint density at radius 3 is 1.72 bits per heavy atom. The fourth-order valence-corrected chi connectivity index (χ4v) is 10.5. The van der Waals surface area contributed by atoms with Crippen LogP contribution in [0.4, 0.5) is 0 Å². The van der Waals surface area contributed by atoms with E-state index in [1.807, 2.05) is 0 Å². The summed E-state index contributed by atoms with van der Waals surface area (Å²) in [4.78, 5) is 0. The molecule has 4 rings (SSSR count). The number of rotatable bonds is 10. The van der Waals surface area contributed by atoms with Crippen molar-refractivity contribution >= 4 is 23.6 Å². The predicted molar refractivity (Wildman–Crippen MR) is 143 cm³/mol. The second kappa shape index (κ2) is 10.8. The van der Waals surface area contributed by atoms with E-state index in [4.69, 9.17) is 0 Å². The van der Waals surface area contributed by atoms with Crippen molar-refractivity contribution in [2.24, 2.45) is 0 Å². The van der Waals surface area contributed by atoms with E-state index >= 15 is 0 Å². The van der Waals surface area contributed by atoms with Crippen LogP contribution in [0.1, 0.15) is 57.9 Å². The number of allylic oxidation sites excluding steroid dienone is 4. The minimum atomic E-state index is -2.34. The summed E-state index contributed by atoms with van der Waals surface area (Å²) in [5, 5.41) is 6.20. The molecule has 0 saturated heterocycles. The molecule has 0 saturated carbocycles. The molecule has 0 fully saturated rings. The van der Waals surface area contributed by atoms with Crippen LogP contribution in [0.5, 0.6) is 0 Å². The molecule has 164 valence electrons. The molecule has 0 bridgehead atoms. The van der Waals surface area contributed by atoms with Gasteiger partial charge < -0.3 is 0 Å². The highest BCUT2D eigenvalue weighted by atomic mass is 28.3. The third-order valence-corrected chi connectivity index (χ3v) is 11.9. The van der Waals surface area contributed by atoms with Crippen molar-refractivity contribution in [2.45, 2.75) is 58.8 Å². The Balaban J connectivity index is 1.96. The third-order valence-electron chi connectivity index (χ3n) is 6.90. The molecule has 3 aromatic rings. The van der Waals surface area contributed by atoms with Crippen LogP contribution in [0, 0.1) is 0 Å². The zero-order chi connectivity index (χ0) is 22.2. The highest BCUT2D eigenvalue weighted by Crippen LogP contribution is 2.31. The van der Waals surface area contributed by atoms with Crippen LogP contribution in [-0.4, -0.2) is 8.07 Å². The first-order chi connectivity index (χ1) is 15.8. The minimum absolute atomic E-state index is 1.08. The lowest BCUT2D eigenvalue weighted by molar-refractivity contribution is 0.795. The quantitative estimate of drug-likeness (QED) is 0.252. The Labute approximate surface area is 195 Å². The molecule has 1 aliphatic carbocycles. The van der Waals surface area contributed by atoms with Gasteiger partial charge in [0.1, 0.15) is 0 Å². The van der Waals surface area contributed by atoms with Crippen LogP contribution >= 0.6 is 0 Å². The van der Waals surface area contributed by atoms with Gasteiger partial charge >= 0.3 is 0 Å². The fraction of sp³-hybridized carbons (Fsp3) is 0.290. The number of benzene rings is 3. The largest absolute Gasteiger partial charge is 0.176 e. The summed E-state index contributed by atoms with van der Waals surface area (Å²) in [7, 11) is -2.34. The fourth-order valence-electron chi connectivity index (χ4n) is 5.25. The SMILES string of the molecule is CCCCC1=C([Si](c2ccccc2)(c2ccccc2)c2ccc(CCCC)cc2)CC=C1. The van der Waals surface area contributed by atoms with Crippen molar-refractivity contribution in [3.63, 3.8) is 0 Å². The molecule has 0 aromatic heterocycles. The molecule has 3 aromatic carbocycles. The Morgan fingerprint density at radius 1 is 0.625 bits per heavy atom. The number of aryl methyl sites for hydroxylation is 1. The summed E-state index contributed by atoms with van der Waals surface area (Å²) >= 11 is 0. The molecular weight excluding hydrogens is 400 g/mol. The molecule has 0 heterocycles. The van der Waals surface area contributed by atoms with E-state index < -0.39 is 8.07 Å². The van der Waals surface area contributed by atoms with Gasteiger partial charge in [0.2, 0.25) is 0 Å². The second-order valence-electron chi connectivity index (χ2n) is 9.00. The predicted octanol–water partition coefficient (Wildman–Crippen LogP) is 6.49. The van der Waals surface area contributed by atoms with E-state index in [9.17, 15) is 0 Å². The highest BCUT2D eigenvalue weighted by molar-refractivity contribution is 7.16. The number of hydrogen-bond acceptors (Lipinski definition) is 0. The summed E-state index contributed by atoms with van der Waals surface area (Å²) in [5.41, 5.74) is 3.05. The van der Waals surface area contributed by atoms with Gasteiger partial charge in [0.05, 0.1) is 0 Å². The normalized spacial score (nSPS) is 13.7. The van der Waals surface area contributed by atoms with Crippen LogP contribution in [0.2, 0.25) is 0 Å². The Bertz CT molecular complexity index is 1000. The molecule has 0 radical (unpaired) electrons. The van der Waals surface area contributed by atoms with Crippen molar-refractivity contribution < 1.29 is 0 Å². The van der Waals surface area contributed by atoms with E-state index in [0.29, 0.717) is 0 Å². The zero-order valence-corrected chi connectivity index (χ0v) is 20.7. The van der Waals surface area contributed by atoms with E-state index in [0.717, 1.165) is 6.42 Å². The zero-order valence-electron chi connectivity index (χ0n) is 19.7. The average Bonchev–Trinajstić information content (AvgIpc) is 3.33. The van der Waals surface area contributed by atoms with E-state index in [2.05, 4.69) is 111 Å². The van der Waals surface area contributed by atoms with Gasteiger partial charge in [0.25, 0.3) is 0 Å². The molecule has 0 N–H and O–H groups in total. The summed E-state index contributed by atoms with van der Waals surface area (Å²) in [5.74, 6) is 0. The molecule has 0 spiro atoms. The van der Waals surface area contributed by atoms with Crippen molar-refractivity contribution in [1.29, 1.82) is 0 Å². The van der Waals surface area contributed by atoms with E-state index in [1.165, 1.54) is 59.6 Å². The topological polar surface area (TPSA) is 0 Å². The maximum Gasteiger partial charge on any atom is 0.176 e. The lowest BCUT2D eigenvalue weighted by atomic mass is 10.1. The van der Waals surface area contributed by atoms with Crippen molar-refractivity contribution in [3.8, 4) is 0 Å². The van der Waals surface area contributed by atoms with Gasteiger partial charge in [0.15, 0.2) is 8.07 Å². The first-order valence-electron chi connectivity index (χ1n) is 12.4. The molecule has 1 aliphatic rings. The highest BCUT2D eigenvalue weighted by Gasteiger charge is 2.44. The molecule has 1 heteroatoms. The maximum absolute atomic E-state index is 2.46. The lowest BCUT2D eigenvalue weighted by Gasteiger charge is -2.36. The summed E-state index contributed by atoms with van der Waals surface area (Å²) in [6.07, 6.45) is 13.3. The summed E-state index contributed by atoms with van der Waals surface area (Å²) < 4.78 is 0. The van der Waals surface area contributed by atoms with Gasteiger partial charge in [-0.2, -0.15) is 0 Å². The van der Waals surface area contributed by atoms with Gasteiger partial charge in [-0.05, 0) is 53.2 Å². The Morgan fingerprint density at radius 2 is 1.16 bits per heavy atom. The molecule has 32 heavy (non-hydrogen) atoms. The molecular formula is C31H36Si. The molecule has 0 aliphatic heterocycles. The van der Waals surface area contributed by atoms with E-state index in [-0.39, 0.29) is 0 Å². The Hall–Kier alpha value is -2.64. The van der Waals surface area contributed by atoms with Crippen molar-refractivity contribution in [2.75, 3.05) is 0 Å². The molecule has 0 amide bonds. The summed E-state index contributed by atoms with van der Waals surface area (Å²) in [6, 6.07) is 32.4. The van der Waals surface area contributed by atoms with Crippen LogP contribution in [0.15, 0.2) is 108 Å².